The molecule has 1 aromatic carbocycles. The zero-order valence-corrected chi connectivity index (χ0v) is 7.41. The highest BCUT2D eigenvalue weighted by Crippen LogP contribution is 2.24. The molecule has 0 aliphatic carbocycles. The number of pyridine rings is 1. The zero-order chi connectivity index (χ0) is 15.4. The normalized spacial score (nSPS) is 21.1. The van der Waals surface area contributed by atoms with Gasteiger partial charge in [-0.1, -0.05) is 28.0 Å². The second-order valence-corrected chi connectivity index (χ2v) is 2.93. The Labute approximate surface area is 90.8 Å². The van der Waals surface area contributed by atoms with E-state index in [9.17, 15) is 0 Å². The fraction of sp³-hybridized carbons (Fsp3) is 0.100. The van der Waals surface area contributed by atoms with Crippen molar-refractivity contribution in [1.29, 1.82) is 0 Å². The fourth-order valence-corrected chi connectivity index (χ4v) is 1.25. The first-order valence-electron chi connectivity index (χ1n) is 7.14. The van der Waals surface area contributed by atoms with Gasteiger partial charge in [0.2, 0.25) is 0 Å². The predicted octanol–water partition coefficient (Wildman–Crippen LogP) is 3.31. The van der Waals surface area contributed by atoms with Crippen LogP contribution in [0.25, 0.3) is 10.9 Å². The Kier molecular flexibility index (Phi) is 0.671. The second kappa shape index (κ2) is 2.87. The summed E-state index contributed by atoms with van der Waals surface area (Å²) in [6.45, 7) is -2.69. The van der Waals surface area contributed by atoms with Crippen LogP contribution in [0.15, 0.2) is 34.8 Å². The van der Waals surface area contributed by atoms with Gasteiger partial charge in [-0.2, -0.15) is 0 Å². The van der Waals surface area contributed by atoms with E-state index in [4.69, 9.17) is 11.0 Å². The van der Waals surface area contributed by atoms with Crippen LogP contribution in [0.3, 0.4) is 0 Å². The summed E-state index contributed by atoms with van der Waals surface area (Å²) in [5.74, 6) is 0. The van der Waals surface area contributed by atoms with Crippen LogP contribution in [-0.4, -0.2) is 4.98 Å². The largest absolute Gasteiger partial charge is 0.256 e. The maximum absolute atomic E-state index is 7.83. The van der Waals surface area contributed by atoms with Gasteiger partial charge in [-0.15, -0.1) is 0 Å². The lowest BCUT2D eigenvalue weighted by molar-refractivity contribution is 1.36. The van der Waals surface area contributed by atoms with Crippen LogP contribution in [0, 0.1) is 6.85 Å². The van der Waals surface area contributed by atoms with Gasteiger partial charge in [-0.25, -0.2) is 0 Å². The number of hydrogen-bond donors (Lipinski definition) is 0. The van der Waals surface area contributed by atoms with Crippen LogP contribution in [0.1, 0.15) is 16.5 Å². The van der Waals surface area contributed by atoms with Crippen molar-refractivity contribution < 1.29 is 11.0 Å². The van der Waals surface area contributed by atoms with Gasteiger partial charge in [-0.3, -0.25) is 4.98 Å². The number of benzene rings is 1. The van der Waals surface area contributed by atoms with Crippen molar-refractivity contribution in [2.75, 3.05) is 0 Å². The van der Waals surface area contributed by atoms with Crippen LogP contribution in [0.4, 0.5) is 0 Å². The molecule has 1 nitrogen and oxygen atoms in total. The standard InChI is InChI=1S/C10H8BrN/c1-7-4-5-9(11)8-3-2-6-12-10(7)8/h2-6H,1H3/i1D3,2D,3D,4D,5D,6D. The lowest BCUT2D eigenvalue weighted by Gasteiger charge is -2.01. The van der Waals surface area contributed by atoms with Gasteiger partial charge in [0.15, 0.2) is 0 Å². The van der Waals surface area contributed by atoms with E-state index >= 15 is 0 Å². The first-order valence-corrected chi connectivity index (χ1v) is 3.93. The van der Waals surface area contributed by atoms with Gasteiger partial charge in [0.05, 0.1) is 12.4 Å². The molecule has 2 heteroatoms. The number of rotatable bonds is 0. The van der Waals surface area contributed by atoms with Gasteiger partial charge >= 0.3 is 0 Å². The Morgan fingerprint density at radius 3 is 3.25 bits per heavy atom. The van der Waals surface area contributed by atoms with Crippen molar-refractivity contribution in [1.82, 2.24) is 4.98 Å². The molecule has 2 rings (SSSR count). The third-order valence-corrected chi connectivity index (χ3v) is 2.00. The SMILES string of the molecule is [2H]c1nc2c(C([2H])([2H])[2H])c([2H])c([2H])c(Br)c2c([2H])c1[2H]. The van der Waals surface area contributed by atoms with Crippen molar-refractivity contribution in [3.8, 4) is 0 Å². The van der Waals surface area contributed by atoms with E-state index < -0.39 is 30.7 Å². The summed E-state index contributed by atoms with van der Waals surface area (Å²) in [7, 11) is 0. The molecule has 0 bridgehead atoms. The molecule has 12 heavy (non-hydrogen) atoms. The third-order valence-electron chi connectivity index (χ3n) is 1.40. The molecule has 1 aromatic heterocycles. The number of aryl methyl sites for hydroxylation is 1. The molecular weight excluding hydrogens is 214 g/mol. The minimum absolute atomic E-state index is 0.0295. The number of aromatic nitrogens is 1. The molecule has 0 spiro atoms. The Morgan fingerprint density at radius 2 is 2.42 bits per heavy atom. The molecule has 60 valence electrons. The molecular formula is C10H8BrN. The molecule has 0 amide bonds. The average Bonchev–Trinajstić information content (AvgIpc) is 2.31. The minimum Gasteiger partial charge on any atom is -0.256 e. The highest BCUT2D eigenvalue weighted by molar-refractivity contribution is 9.10. The topological polar surface area (TPSA) is 12.9 Å². The van der Waals surface area contributed by atoms with Crippen LogP contribution < -0.4 is 0 Å². The van der Waals surface area contributed by atoms with Crippen LogP contribution in [0.5, 0.6) is 0 Å². The monoisotopic (exact) mass is 229 g/mol. The summed E-state index contributed by atoms with van der Waals surface area (Å²) in [6.07, 6.45) is -0.531. The molecule has 1 heterocycles. The average molecular weight is 230 g/mol. The van der Waals surface area contributed by atoms with Crippen molar-refractivity contribution in [3.63, 3.8) is 0 Å². The van der Waals surface area contributed by atoms with Crippen LogP contribution >= 0.6 is 15.9 Å². The Hall–Kier alpha value is -0.890. The van der Waals surface area contributed by atoms with E-state index in [0.29, 0.717) is 0 Å². The van der Waals surface area contributed by atoms with Crippen molar-refractivity contribution >= 4 is 26.8 Å². The number of fused-ring (bicyclic) bond motifs is 1. The smallest absolute Gasteiger partial charge is 0.0840 e. The van der Waals surface area contributed by atoms with Crippen LogP contribution in [0.2, 0.25) is 0 Å². The fourth-order valence-electron chi connectivity index (χ4n) is 0.868. The van der Waals surface area contributed by atoms with E-state index in [1.165, 1.54) is 0 Å². The third kappa shape index (κ3) is 1.12. The summed E-state index contributed by atoms with van der Waals surface area (Å²) >= 11 is 3.05. The summed E-state index contributed by atoms with van der Waals surface area (Å²) in [5, 5.41) is -0.0295. The zero-order valence-electron chi connectivity index (χ0n) is 13.8. The Morgan fingerprint density at radius 1 is 1.50 bits per heavy atom. The van der Waals surface area contributed by atoms with Gasteiger partial charge in [0, 0.05) is 20.1 Å². The van der Waals surface area contributed by atoms with Gasteiger partial charge in [-0.05, 0) is 24.5 Å². The van der Waals surface area contributed by atoms with Gasteiger partial charge in [0.1, 0.15) is 0 Å². The minimum atomic E-state index is -2.69. The molecule has 0 radical (unpaired) electrons. The molecule has 0 N–H and O–H groups in total. The maximum Gasteiger partial charge on any atom is 0.0840 e. The van der Waals surface area contributed by atoms with E-state index in [-0.39, 0.29) is 27.5 Å². The number of nitrogens with zero attached hydrogens (tertiary/aromatic N) is 1. The van der Waals surface area contributed by atoms with Gasteiger partial charge < -0.3 is 0 Å². The van der Waals surface area contributed by atoms with Crippen molar-refractivity contribution in [2.45, 2.75) is 6.85 Å². The molecule has 0 saturated heterocycles. The Balaban J connectivity index is 3.16. The lowest BCUT2D eigenvalue weighted by atomic mass is 10.1. The predicted molar refractivity (Wildman–Crippen MR) is 54.2 cm³/mol. The first kappa shape index (κ1) is 2.81. The van der Waals surface area contributed by atoms with E-state index in [0.717, 1.165) is 0 Å². The molecule has 2 aromatic rings. The summed E-state index contributed by atoms with van der Waals surface area (Å²) in [4.78, 5) is 3.73. The summed E-state index contributed by atoms with van der Waals surface area (Å²) in [5.41, 5.74) is -0.674. The van der Waals surface area contributed by atoms with E-state index in [2.05, 4.69) is 20.9 Å². The van der Waals surface area contributed by atoms with Gasteiger partial charge in [0.25, 0.3) is 0 Å². The molecule has 0 aliphatic heterocycles. The number of halogens is 1. The Bertz CT molecular complexity index is 716. The lowest BCUT2D eigenvalue weighted by Crippen LogP contribution is -1.82. The molecule has 0 saturated carbocycles. The van der Waals surface area contributed by atoms with E-state index in [1.54, 1.807) is 0 Å². The molecule has 0 aliphatic rings. The highest BCUT2D eigenvalue weighted by atomic mass is 79.9. The molecule has 0 fully saturated rings. The van der Waals surface area contributed by atoms with Crippen LogP contribution in [-0.2, 0) is 0 Å². The maximum atomic E-state index is 7.83. The molecule has 0 unspecified atom stereocenters. The second-order valence-electron chi connectivity index (χ2n) is 2.14. The number of hydrogen-bond acceptors (Lipinski definition) is 1. The van der Waals surface area contributed by atoms with Crippen molar-refractivity contribution in [2.24, 2.45) is 0 Å². The molecule has 0 atom stereocenters. The van der Waals surface area contributed by atoms with Crippen molar-refractivity contribution in [3.05, 3.63) is 40.4 Å². The highest BCUT2D eigenvalue weighted by Gasteiger charge is 2.00. The van der Waals surface area contributed by atoms with E-state index in [1.807, 2.05) is 0 Å². The summed E-state index contributed by atoms with van der Waals surface area (Å²) < 4.78 is 60.9. The first-order chi connectivity index (χ1) is 9.07. The summed E-state index contributed by atoms with van der Waals surface area (Å²) in [6, 6.07) is -1.73. The quantitative estimate of drug-likeness (QED) is 0.676.